The lowest BCUT2D eigenvalue weighted by Crippen LogP contribution is -2.35. The normalized spacial score (nSPS) is 21.6. The van der Waals surface area contributed by atoms with Crippen LogP contribution in [0.15, 0.2) is 24.3 Å². The topological polar surface area (TPSA) is 66.8 Å². The molecule has 1 aromatic rings. The summed E-state index contributed by atoms with van der Waals surface area (Å²) < 4.78 is 4.97. The molecule has 0 saturated carbocycles. The number of nitrogens with zero attached hydrogens (tertiary/aromatic N) is 1. The lowest BCUT2D eigenvalue weighted by molar-refractivity contribution is -0.161. The van der Waals surface area contributed by atoms with E-state index < -0.39 is 18.2 Å². The average molecular weight is 249 g/mol. The van der Waals surface area contributed by atoms with Gasteiger partial charge in [0, 0.05) is 12.5 Å². The molecule has 2 unspecified atom stereocenters. The van der Waals surface area contributed by atoms with Crippen molar-refractivity contribution < 1.29 is 19.4 Å². The highest BCUT2D eigenvalue weighted by molar-refractivity contribution is 5.86. The van der Waals surface area contributed by atoms with Gasteiger partial charge in [-0.15, -0.1) is 0 Å². The number of aliphatic hydroxyl groups excluding tert-OH is 1. The van der Waals surface area contributed by atoms with E-state index in [0.29, 0.717) is 11.1 Å². The number of hydrogen-bond acceptors (Lipinski definition) is 4. The van der Waals surface area contributed by atoms with Crippen LogP contribution < -0.4 is 0 Å². The van der Waals surface area contributed by atoms with Crippen LogP contribution in [0.1, 0.15) is 37.2 Å². The van der Waals surface area contributed by atoms with Crippen LogP contribution in [0, 0.1) is 0 Å². The molecule has 2 rings (SSSR count). The number of aliphatic hydroxyl groups is 1. The zero-order valence-electron chi connectivity index (χ0n) is 10.3. The van der Waals surface area contributed by atoms with Crippen molar-refractivity contribution in [1.82, 2.24) is 4.90 Å². The Hall–Kier alpha value is -1.88. The van der Waals surface area contributed by atoms with Gasteiger partial charge in [0.25, 0.3) is 0 Å². The molecule has 0 saturated heterocycles. The summed E-state index contributed by atoms with van der Waals surface area (Å²) in [6.45, 7) is 3.26. The standard InChI is InChI=1S/C13H15NO4/c1-3-18-13(17)11-9-6-4-5-7-10(9)12(16)14(11)8(2)15/h4-7,11-12,16H,3H2,1-2H3. The Labute approximate surface area is 105 Å². The van der Waals surface area contributed by atoms with Crippen molar-refractivity contribution in [3.8, 4) is 0 Å². The zero-order valence-corrected chi connectivity index (χ0v) is 10.3. The number of carbonyl (C=O) groups excluding carboxylic acids is 2. The molecular formula is C13H15NO4. The SMILES string of the molecule is CCOC(=O)C1c2ccccc2C(O)N1C(C)=O. The number of benzene rings is 1. The van der Waals surface area contributed by atoms with Gasteiger partial charge in [0.05, 0.1) is 6.61 Å². The Bertz CT molecular complexity index is 486. The van der Waals surface area contributed by atoms with Crippen molar-refractivity contribution in [2.75, 3.05) is 6.61 Å². The number of hydrogen-bond donors (Lipinski definition) is 1. The number of amides is 1. The number of carbonyl (C=O) groups is 2. The number of ether oxygens (including phenoxy) is 1. The van der Waals surface area contributed by atoms with E-state index in [1.165, 1.54) is 6.92 Å². The van der Waals surface area contributed by atoms with Gasteiger partial charge in [0.2, 0.25) is 5.91 Å². The molecule has 96 valence electrons. The lowest BCUT2D eigenvalue weighted by atomic mass is 10.0. The number of fused-ring (bicyclic) bond motifs is 1. The van der Waals surface area contributed by atoms with Gasteiger partial charge >= 0.3 is 5.97 Å². The first-order valence-electron chi connectivity index (χ1n) is 5.80. The first-order chi connectivity index (χ1) is 8.57. The fourth-order valence-corrected chi connectivity index (χ4v) is 2.25. The van der Waals surface area contributed by atoms with E-state index >= 15 is 0 Å². The van der Waals surface area contributed by atoms with Gasteiger partial charge in [-0.3, -0.25) is 9.69 Å². The van der Waals surface area contributed by atoms with E-state index in [4.69, 9.17) is 4.74 Å². The second-order valence-electron chi connectivity index (χ2n) is 4.08. The fraction of sp³-hybridized carbons (Fsp3) is 0.385. The van der Waals surface area contributed by atoms with Crippen LogP contribution in [-0.2, 0) is 14.3 Å². The Kier molecular flexibility index (Phi) is 3.34. The molecule has 5 nitrogen and oxygen atoms in total. The summed E-state index contributed by atoms with van der Waals surface area (Å²) >= 11 is 0. The van der Waals surface area contributed by atoms with Crippen LogP contribution in [0.4, 0.5) is 0 Å². The summed E-state index contributed by atoms with van der Waals surface area (Å²) in [5, 5.41) is 10.1. The molecule has 0 aromatic heterocycles. The third-order valence-electron chi connectivity index (χ3n) is 2.98. The van der Waals surface area contributed by atoms with Crippen molar-refractivity contribution in [2.24, 2.45) is 0 Å². The molecule has 0 bridgehead atoms. The van der Waals surface area contributed by atoms with Gasteiger partial charge < -0.3 is 9.84 Å². The molecule has 1 amide bonds. The predicted octanol–water partition coefficient (Wildman–Crippen LogP) is 1.14. The third-order valence-corrected chi connectivity index (χ3v) is 2.98. The molecule has 1 aliphatic rings. The fourth-order valence-electron chi connectivity index (χ4n) is 2.25. The Morgan fingerprint density at radius 2 is 1.94 bits per heavy atom. The molecule has 1 heterocycles. The van der Waals surface area contributed by atoms with Gasteiger partial charge in [-0.2, -0.15) is 0 Å². The van der Waals surface area contributed by atoms with Crippen LogP contribution in [0.5, 0.6) is 0 Å². The highest BCUT2D eigenvalue weighted by atomic mass is 16.5. The molecule has 0 aliphatic carbocycles. The molecular weight excluding hydrogens is 234 g/mol. The Morgan fingerprint density at radius 1 is 1.33 bits per heavy atom. The summed E-state index contributed by atoms with van der Waals surface area (Å²) in [7, 11) is 0. The molecule has 1 N–H and O–H groups in total. The first-order valence-corrected chi connectivity index (χ1v) is 5.80. The van der Waals surface area contributed by atoms with E-state index in [-0.39, 0.29) is 12.5 Å². The maximum atomic E-state index is 11.9. The lowest BCUT2D eigenvalue weighted by Gasteiger charge is -2.25. The van der Waals surface area contributed by atoms with E-state index in [1.807, 2.05) is 0 Å². The van der Waals surface area contributed by atoms with E-state index in [2.05, 4.69) is 0 Å². The second-order valence-corrected chi connectivity index (χ2v) is 4.08. The summed E-state index contributed by atoms with van der Waals surface area (Å²) in [6, 6.07) is 6.10. The molecule has 18 heavy (non-hydrogen) atoms. The van der Waals surface area contributed by atoms with Gasteiger partial charge in [-0.1, -0.05) is 24.3 Å². The smallest absolute Gasteiger partial charge is 0.333 e. The minimum atomic E-state index is -1.09. The van der Waals surface area contributed by atoms with Crippen LogP contribution in [0.3, 0.4) is 0 Å². The van der Waals surface area contributed by atoms with Crippen molar-refractivity contribution in [1.29, 1.82) is 0 Å². The highest BCUT2D eigenvalue weighted by Gasteiger charge is 2.43. The largest absolute Gasteiger partial charge is 0.464 e. The predicted molar refractivity (Wildman–Crippen MR) is 63.3 cm³/mol. The maximum absolute atomic E-state index is 11.9. The molecule has 0 fully saturated rings. The van der Waals surface area contributed by atoms with Crippen molar-refractivity contribution in [3.63, 3.8) is 0 Å². The third kappa shape index (κ3) is 1.86. The molecule has 2 atom stereocenters. The van der Waals surface area contributed by atoms with E-state index in [0.717, 1.165) is 4.90 Å². The summed E-state index contributed by atoms with van der Waals surface area (Å²) in [5.74, 6) is -0.881. The van der Waals surface area contributed by atoms with E-state index in [9.17, 15) is 14.7 Å². The second kappa shape index (κ2) is 4.78. The average Bonchev–Trinajstić information content (AvgIpc) is 2.64. The van der Waals surface area contributed by atoms with Crippen LogP contribution >= 0.6 is 0 Å². The van der Waals surface area contributed by atoms with Gasteiger partial charge in [0.1, 0.15) is 0 Å². The molecule has 5 heteroatoms. The summed E-state index contributed by atoms with van der Waals surface area (Å²) in [5.41, 5.74) is 1.20. The maximum Gasteiger partial charge on any atom is 0.333 e. The van der Waals surface area contributed by atoms with Crippen molar-refractivity contribution in [3.05, 3.63) is 35.4 Å². The van der Waals surface area contributed by atoms with Crippen LogP contribution in [-0.4, -0.2) is 28.5 Å². The summed E-state index contributed by atoms with van der Waals surface area (Å²) in [6.07, 6.45) is -1.09. The molecule has 1 aliphatic heterocycles. The Balaban J connectivity index is 2.46. The minimum Gasteiger partial charge on any atom is -0.464 e. The summed E-state index contributed by atoms with van der Waals surface area (Å²) in [4.78, 5) is 24.7. The molecule has 1 aromatic carbocycles. The monoisotopic (exact) mass is 249 g/mol. The highest BCUT2D eigenvalue weighted by Crippen LogP contribution is 2.41. The number of rotatable bonds is 2. The number of esters is 1. The van der Waals surface area contributed by atoms with Crippen molar-refractivity contribution in [2.45, 2.75) is 26.1 Å². The van der Waals surface area contributed by atoms with Crippen molar-refractivity contribution >= 4 is 11.9 Å². The van der Waals surface area contributed by atoms with Gasteiger partial charge in [-0.05, 0) is 12.5 Å². The van der Waals surface area contributed by atoms with Gasteiger partial charge in [-0.25, -0.2) is 4.79 Å². The molecule has 0 spiro atoms. The van der Waals surface area contributed by atoms with Crippen LogP contribution in [0.2, 0.25) is 0 Å². The quantitative estimate of drug-likeness (QED) is 0.798. The molecule has 0 radical (unpaired) electrons. The van der Waals surface area contributed by atoms with E-state index in [1.54, 1.807) is 31.2 Å². The van der Waals surface area contributed by atoms with Crippen LogP contribution in [0.25, 0.3) is 0 Å². The Morgan fingerprint density at radius 3 is 2.50 bits per heavy atom. The first kappa shape index (κ1) is 12.6. The van der Waals surface area contributed by atoms with Gasteiger partial charge in [0.15, 0.2) is 12.3 Å². The zero-order chi connectivity index (χ0) is 13.3. The minimum absolute atomic E-state index is 0.235.